The molecular weight excluding hydrogens is 490 g/mol. The van der Waals surface area contributed by atoms with E-state index < -0.39 is 23.4 Å². The van der Waals surface area contributed by atoms with Crippen LogP contribution in [0.15, 0.2) is 48.5 Å². The maximum atomic E-state index is 12.7. The first-order chi connectivity index (χ1) is 15.8. The lowest BCUT2D eigenvalue weighted by Crippen LogP contribution is -2.61. The summed E-state index contributed by atoms with van der Waals surface area (Å²) in [5.74, 6) is -2.20. The lowest BCUT2D eigenvalue weighted by atomic mass is 9.90. The van der Waals surface area contributed by atoms with E-state index in [1.54, 1.807) is 26.0 Å². The molecule has 0 radical (unpaired) electrons. The Morgan fingerprint density at radius 1 is 0.848 bits per heavy atom. The number of hydrogen-bond acceptors (Lipinski definition) is 6. The summed E-state index contributed by atoms with van der Waals surface area (Å²) in [5, 5.41) is 2.75. The van der Waals surface area contributed by atoms with Crippen molar-refractivity contribution in [3.05, 3.63) is 59.7 Å². The van der Waals surface area contributed by atoms with Gasteiger partial charge in [-0.25, -0.2) is 9.59 Å². The molecule has 0 heterocycles. The summed E-state index contributed by atoms with van der Waals surface area (Å²) in [6.07, 6.45) is 0.323. The molecule has 2 aromatic rings. The van der Waals surface area contributed by atoms with Crippen LogP contribution in [-0.4, -0.2) is 47.7 Å². The highest BCUT2D eigenvalue weighted by Gasteiger charge is 2.49. The first-order valence-corrected chi connectivity index (χ1v) is 11.8. The molecule has 2 aromatic carbocycles. The van der Waals surface area contributed by atoms with Crippen LogP contribution in [0.25, 0.3) is 11.1 Å². The van der Waals surface area contributed by atoms with Crippen molar-refractivity contribution < 1.29 is 28.7 Å². The Kier molecular flexibility index (Phi) is 9.78. The van der Waals surface area contributed by atoms with Crippen molar-refractivity contribution in [3.63, 3.8) is 0 Å². The lowest BCUT2D eigenvalue weighted by molar-refractivity contribution is -0.168. The minimum Gasteiger partial charge on any atom is -0.464 e. The van der Waals surface area contributed by atoms with Gasteiger partial charge in [-0.1, -0.05) is 64.5 Å². The third-order valence-corrected chi connectivity index (χ3v) is 5.55. The Morgan fingerprint density at radius 2 is 1.33 bits per heavy atom. The van der Waals surface area contributed by atoms with Crippen LogP contribution in [0, 0.1) is 0 Å². The number of benzene rings is 2. The summed E-state index contributed by atoms with van der Waals surface area (Å²) in [5.41, 5.74) is 1.51. The van der Waals surface area contributed by atoms with Gasteiger partial charge in [0.2, 0.25) is 11.4 Å². The van der Waals surface area contributed by atoms with E-state index in [4.69, 9.17) is 9.47 Å². The average Bonchev–Trinajstić information content (AvgIpc) is 2.81. The van der Waals surface area contributed by atoms with E-state index in [2.05, 4.69) is 21.2 Å². The Bertz CT molecular complexity index is 967. The Morgan fingerprint density at radius 3 is 1.76 bits per heavy atom. The molecule has 0 aliphatic heterocycles. The number of amides is 1. The molecule has 2 rings (SSSR count). The fourth-order valence-electron chi connectivity index (χ4n) is 3.38. The van der Waals surface area contributed by atoms with Gasteiger partial charge < -0.3 is 14.8 Å². The van der Waals surface area contributed by atoms with Crippen molar-refractivity contribution >= 4 is 39.6 Å². The van der Waals surface area contributed by atoms with Gasteiger partial charge in [0.15, 0.2) is 5.78 Å². The third-order valence-electron chi connectivity index (χ3n) is 5.04. The van der Waals surface area contributed by atoms with Crippen molar-refractivity contribution in [1.29, 1.82) is 0 Å². The second-order valence-corrected chi connectivity index (χ2v) is 7.92. The molecule has 0 aromatic heterocycles. The van der Waals surface area contributed by atoms with E-state index >= 15 is 0 Å². The smallest absolute Gasteiger partial charge is 0.343 e. The summed E-state index contributed by atoms with van der Waals surface area (Å²) < 4.78 is 10.2. The number of aryl methyl sites for hydroxylation is 1. The third kappa shape index (κ3) is 6.74. The molecule has 0 aliphatic carbocycles. The molecule has 0 atom stereocenters. The van der Waals surface area contributed by atoms with Gasteiger partial charge in [-0.2, -0.15) is 0 Å². The minimum atomic E-state index is -1.91. The molecule has 0 saturated heterocycles. The van der Waals surface area contributed by atoms with E-state index in [0.29, 0.717) is 12.0 Å². The van der Waals surface area contributed by atoms with Crippen LogP contribution < -0.4 is 5.32 Å². The minimum absolute atomic E-state index is 0.00700. The number of Topliss-reactive ketones (excluding diaryl/α,β-unsaturated/α-hetero) is 1. The number of hydrogen-bond donors (Lipinski definition) is 1. The lowest BCUT2D eigenvalue weighted by Gasteiger charge is -2.29. The Hall–Kier alpha value is -3.00. The standard InChI is InChI=1S/C25H28BrNO6/c1-4-32-23(30)25(27-17(3)28,24(31)33-5-2)15-14-18-6-8-19(9-7-18)20-10-12-21(13-11-20)22(29)16-26/h6-13H,4-5,14-16H2,1-3H3,(H,27,28). The van der Waals surface area contributed by atoms with Crippen LogP contribution in [0.3, 0.4) is 0 Å². The van der Waals surface area contributed by atoms with Crippen LogP contribution >= 0.6 is 15.9 Å². The van der Waals surface area contributed by atoms with Crippen LogP contribution in [0.1, 0.15) is 43.1 Å². The molecule has 0 saturated carbocycles. The number of esters is 2. The maximum Gasteiger partial charge on any atom is 0.343 e. The number of rotatable bonds is 11. The van der Waals surface area contributed by atoms with Gasteiger partial charge in [-0.05, 0) is 43.4 Å². The fourth-order valence-corrected chi connectivity index (χ4v) is 3.71. The number of nitrogens with one attached hydrogen (secondary N) is 1. The SMILES string of the molecule is CCOC(=O)C(CCc1ccc(-c2ccc(C(=O)CBr)cc2)cc1)(NC(C)=O)C(=O)OCC. The first kappa shape index (κ1) is 26.3. The van der Waals surface area contributed by atoms with E-state index in [1.165, 1.54) is 6.92 Å². The molecule has 1 N–H and O–H groups in total. The van der Waals surface area contributed by atoms with Gasteiger partial charge >= 0.3 is 11.9 Å². The van der Waals surface area contributed by atoms with Gasteiger partial charge in [0.1, 0.15) is 0 Å². The second-order valence-electron chi connectivity index (χ2n) is 7.36. The quantitative estimate of drug-likeness (QED) is 0.210. The van der Waals surface area contributed by atoms with E-state index in [9.17, 15) is 19.2 Å². The summed E-state index contributed by atoms with van der Waals surface area (Å²) in [7, 11) is 0. The van der Waals surface area contributed by atoms with E-state index in [1.807, 2.05) is 36.4 Å². The average molecular weight is 518 g/mol. The number of ketones is 1. The van der Waals surface area contributed by atoms with Gasteiger partial charge in [0, 0.05) is 12.5 Å². The van der Waals surface area contributed by atoms with Crippen molar-refractivity contribution in [2.75, 3.05) is 18.5 Å². The van der Waals surface area contributed by atoms with Gasteiger partial charge in [0.25, 0.3) is 0 Å². The van der Waals surface area contributed by atoms with Crippen molar-refractivity contribution in [2.45, 2.75) is 39.2 Å². The van der Waals surface area contributed by atoms with Crippen LogP contribution in [0.4, 0.5) is 0 Å². The number of carbonyl (C=O) groups is 4. The molecule has 8 heteroatoms. The molecule has 0 fully saturated rings. The predicted octanol–water partition coefficient (Wildman–Crippen LogP) is 3.86. The highest BCUT2D eigenvalue weighted by atomic mass is 79.9. The van der Waals surface area contributed by atoms with Crippen LogP contribution in [0.2, 0.25) is 0 Å². The molecule has 1 amide bonds. The number of ether oxygens (including phenoxy) is 2. The van der Waals surface area contributed by atoms with Gasteiger partial charge in [0.05, 0.1) is 18.5 Å². The highest BCUT2D eigenvalue weighted by molar-refractivity contribution is 9.09. The zero-order valence-electron chi connectivity index (χ0n) is 19.0. The van der Waals surface area contributed by atoms with Crippen LogP contribution in [0.5, 0.6) is 0 Å². The molecule has 0 aliphatic rings. The second kappa shape index (κ2) is 12.3. The largest absolute Gasteiger partial charge is 0.464 e. The molecule has 0 bridgehead atoms. The fraction of sp³-hybridized carbons (Fsp3) is 0.360. The molecular formula is C25H28BrNO6. The summed E-state index contributed by atoms with van der Waals surface area (Å²) in [6, 6.07) is 15.0. The summed E-state index contributed by atoms with van der Waals surface area (Å²) in [6.45, 7) is 4.62. The monoisotopic (exact) mass is 517 g/mol. The van der Waals surface area contributed by atoms with Crippen molar-refractivity contribution in [2.24, 2.45) is 0 Å². The van der Waals surface area contributed by atoms with Crippen molar-refractivity contribution in [3.8, 4) is 11.1 Å². The van der Waals surface area contributed by atoms with Gasteiger partial charge in [-0.15, -0.1) is 0 Å². The Labute approximate surface area is 202 Å². The first-order valence-electron chi connectivity index (χ1n) is 10.7. The number of halogens is 1. The van der Waals surface area contributed by atoms with E-state index in [0.717, 1.165) is 16.7 Å². The molecule has 33 heavy (non-hydrogen) atoms. The van der Waals surface area contributed by atoms with Gasteiger partial charge in [-0.3, -0.25) is 9.59 Å². The zero-order chi connectivity index (χ0) is 24.4. The molecule has 0 spiro atoms. The summed E-state index contributed by atoms with van der Waals surface area (Å²) in [4.78, 5) is 49.0. The maximum absolute atomic E-state index is 12.7. The number of alkyl halides is 1. The normalized spacial score (nSPS) is 10.9. The molecule has 7 nitrogen and oxygen atoms in total. The number of carbonyl (C=O) groups excluding carboxylic acids is 4. The Balaban J connectivity index is 2.23. The zero-order valence-corrected chi connectivity index (χ0v) is 20.6. The molecule has 0 unspecified atom stereocenters. The molecule has 176 valence electrons. The summed E-state index contributed by atoms with van der Waals surface area (Å²) >= 11 is 3.17. The topological polar surface area (TPSA) is 98.8 Å². The highest BCUT2D eigenvalue weighted by Crippen LogP contribution is 2.24. The van der Waals surface area contributed by atoms with E-state index in [-0.39, 0.29) is 30.7 Å². The van der Waals surface area contributed by atoms with Crippen molar-refractivity contribution in [1.82, 2.24) is 5.32 Å². The predicted molar refractivity (Wildman–Crippen MR) is 128 cm³/mol. The van der Waals surface area contributed by atoms with Crippen LogP contribution in [-0.2, 0) is 30.3 Å².